The number of hydrazine groups is 1. The van der Waals surface area contributed by atoms with Gasteiger partial charge in [-0.2, -0.15) is 5.10 Å². The number of nitrogens with two attached hydrogens (primary N) is 1. The minimum absolute atomic E-state index is 0.421. The lowest BCUT2D eigenvalue weighted by molar-refractivity contribution is 0.0998. The van der Waals surface area contributed by atoms with E-state index < -0.39 is 5.91 Å². The standard InChI is InChI=1S/C15H14N4O/c16-15(20)13-7-3-1-5-11(13)9-19-10-12-6-2-4-8-14(12)17-18-19/h1-8,10,18H,9H2,(H2,16,20). The first-order chi connectivity index (χ1) is 9.74. The molecule has 1 heterocycles. The van der Waals surface area contributed by atoms with Crippen LogP contribution in [0.15, 0.2) is 53.6 Å². The Bertz CT molecular complexity index is 769. The molecular weight excluding hydrogens is 252 g/mol. The van der Waals surface area contributed by atoms with Gasteiger partial charge in [0.05, 0.1) is 11.9 Å². The zero-order valence-corrected chi connectivity index (χ0v) is 10.8. The van der Waals surface area contributed by atoms with Crippen LogP contribution < -0.4 is 21.8 Å². The molecule has 0 aliphatic carbocycles. The van der Waals surface area contributed by atoms with E-state index in [1.54, 1.807) is 12.1 Å². The van der Waals surface area contributed by atoms with Crippen LogP contribution >= 0.6 is 0 Å². The molecule has 0 saturated heterocycles. The second-order valence-corrected chi connectivity index (χ2v) is 4.55. The Balaban J connectivity index is 1.91. The third-order valence-corrected chi connectivity index (χ3v) is 3.15. The van der Waals surface area contributed by atoms with Crippen LogP contribution in [0, 0.1) is 0 Å². The first-order valence-corrected chi connectivity index (χ1v) is 6.28. The van der Waals surface area contributed by atoms with E-state index in [2.05, 4.69) is 10.6 Å². The van der Waals surface area contributed by atoms with Crippen molar-refractivity contribution in [3.05, 3.63) is 70.2 Å². The van der Waals surface area contributed by atoms with E-state index >= 15 is 0 Å². The van der Waals surface area contributed by atoms with Crippen LogP contribution in [0.5, 0.6) is 0 Å². The Morgan fingerprint density at radius 1 is 1.15 bits per heavy atom. The van der Waals surface area contributed by atoms with Crippen molar-refractivity contribution in [1.29, 1.82) is 0 Å². The number of nitrogens with zero attached hydrogens (tertiary/aromatic N) is 2. The largest absolute Gasteiger partial charge is 0.366 e. The fourth-order valence-corrected chi connectivity index (χ4v) is 2.18. The SMILES string of the molecule is NC(=O)c1ccccc1CN1C=c2ccccc2=NN1. The Kier molecular flexibility index (Phi) is 3.09. The first kappa shape index (κ1) is 12.2. The number of nitrogens with one attached hydrogen (secondary N) is 1. The van der Waals surface area contributed by atoms with Gasteiger partial charge in [-0.1, -0.05) is 36.4 Å². The Morgan fingerprint density at radius 3 is 2.75 bits per heavy atom. The summed E-state index contributed by atoms with van der Waals surface area (Å²) in [5.41, 5.74) is 9.71. The molecule has 0 aromatic heterocycles. The number of carbonyl (C=O) groups is 1. The van der Waals surface area contributed by atoms with E-state index in [1.807, 2.05) is 47.6 Å². The Labute approximate surface area is 116 Å². The van der Waals surface area contributed by atoms with Crippen molar-refractivity contribution in [2.24, 2.45) is 10.8 Å². The van der Waals surface area contributed by atoms with Gasteiger partial charge in [-0.15, -0.1) is 0 Å². The van der Waals surface area contributed by atoms with Gasteiger partial charge in [0, 0.05) is 17.0 Å². The van der Waals surface area contributed by atoms with E-state index in [4.69, 9.17) is 5.73 Å². The molecule has 2 aromatic carbocycles. The number of primary amides is 1. The van der Waals surface area contributed by atoms with Crippen molar-refractivity contribution in [2.45, 2.75) is 6.54 Å². The summed E-state index contributed by atoms with van der Waals surface area (Å²) in [4.78, 5) is 11.4. The number of amides is 1. The number of hydrogen-bond donors (Lipinski definition) is 2. The summed E-state index contributed by atoms with van der Waals surface area (Å²) in [6.07, 6.45) is 1.96. The highest BCUT2D eigenvalue weighted by Gasteiger charge is 2.10. The zero-order valence-electron chi connectivity index (χ0n) is 10.8. The van der Waals surface area contributed by atoms with Crippen LogP contribution in [0.3, 0.4) is 0 Å². The van der Waals surface area contributed by atoms with Crippen LogP contribution in [0.25, 0.3) is 6.20 Å². The number of para-hydroxylation sites is 1. The smallest absolute Gasteiger partial charge is 0.249 e. The van der Waals surface area contributed by atoms with Crippen molar-refractivity contribution in [1.82, 2.24) is 10.5 Å². The molecular formula is C15H14N4O. The predicted octanol–water partition coefficient (Wildman–Crippen LogP) is 0.0785. The lowest BCUT2D eigenvalue weighted by atomic mass is 10.1. The van der Waals surface area contributed by atoms with Crippen LogP contribution in [0.2, 0.25) is 0 Å². The maximum atomic E-state index is 11.4. The molecule has 0 atom stereocenters. The maximum Gasteiger partial charge on any atom is 0.249 e. The van der Waals surface area contributed by atoms with Gasteiger partial charge >= 0.3 is 0 Å². The summed E-state index contributed by atoms with van der Waals surface area (Å²) in [7, 11) is 0. The summed E-state index contributed by atoms with van der Waals surface area (Å²) in [5, 5.41) is 8.02. The second kappa shape index (κ2) is 5.05. The average Bonchev–Trinajstić information content (AvgIpc) is 2.47. The minimum Gasteiger partial charge on any atom is -0.366 e. The number of fused-ring (bicyclic) bond motifs is 1. The summed E-state index contributed by atoms with van der Waals surface area (Å²) >= 11 is 0. The molecule has 0 spiro atoms. The molecule has 100 valence electrons. The molecule has 1 aliphatic rings. The van der Waals surface area contributed by atoms with Gasteiger partial charge in [0.25, 0.3) is 0 Å². The molecule has 2 aromatic rings. The van der Waals surface area contributed by atoms with E-state index in [1.165, 1.54) is 0 Å². The fourth-order valence-electron chi connectivity index (χ4n) is 2.18. The summed E-state index contributed by atoms with van der Waals surface area (Å²) < 4.78 is 0. The lowest BCUT2D eigenvalue weighted by Crippen LogP contribution is -2.42. The quantitative estimate of drug-likeness (QED) is 0.826. The monoisotopic (exact) mass is 266 g/mol. The van der Waals surface area contributed by atoms with Gasteiger partial charge in [-0.05, 0) is 17.7 Å². The number of rotatable bonds is 3. The normalized spacial score (nSPS) is 12.7. The molecule has 3 rings (SSSR count). The van der Waals surface area contributed by atoms with E-state index in [-0.39, 0.29) is 0 Å². The summed E-state index contributed by atoms with van der Waals surface area (Å²) in [6.45, 7) is 0.511. The lowest BCUT2D eigenvalue weighted by Gasteiger charge is -2.22. The first-order valence-electron chi connectivity index (χ1n) is 6.28. The maximum absolute atomic E-state index is 11.4. The van der Waals surface area contributed by atoms with Gasteiger partial charge in [0.2, 0.25) is 5.91 Å². The minimum atomic E-state index is -0.421. The molecule has 1 aliphatic heterocycles. The molecule has 0 unspecified atom stereocenters. The van der Waals surface area contributed by atoms with Crippen molar-refractivity contribution in [3.8, 4) is 0 Å². The van der Waals surface area contributed by atoms with Crippen LogP contribution in [0.1, 0.15) is 15.9 Å². The van der Waals surface area contributed by atoms with Crippen molar-refractivity contribution in [2.75, 3.05) is 0 Å². The molecule has 1 amide bonds. The molecule has 3 N–H and O–H groups in total. The van der Waals surface area contributed by atoms with Gasteiger partial charge < -0.3 is 5.73 Å². The van der Waals surface area contributed by atoms with Gasteiger partial charge in [0.1, 0.15) is 0 Å². The highest BCUT2D eigenvalue weighted by Crippen LogP contribution is 2.10. The van der Waals surface area contributed by atoms with Crippen LogP contribution in [-0.4, -0.2) is 10.9 Å². The van der Waals surface area contributed by atoms with E-state index in [9.17, 15) is 4.79 Å². The topological polar surface area (TPSA) is 70.7 Å². The van der Waals surface area contributed by atoms with E-state index in [0.717, 1.165) is 16.1 Å². The third kappa shape index (κ3) is 2.33. The molecule has 5 nitrogen and oxygen atoms in total. The van der Waals surface area contributed by atoms with Crippen LogP contribution in [-0.2, 0) is 6.54 Å². The molecule has 5 heteroatoms. The highest BCUT2D eigenvalue weighted by atomic mass is 16.1. The predicted molar refractivity (Wildman–Crippen MR) is 75.3 cm³/mol. The second-order valence-electron chi connectivity index (χ2n) is 4.55. The Morgan fingerprint density at radius 2 is 1.90 bits per heavy atom. The molecule has 20 heavy (non-hydrogen) atoms. The Hall–Kier alpha value is -2.82. The molecule has 0 radical (unpaired) electrons. The molecule has 0 fully saturated rings. The van der Waals surface area contributed by atoms with Gasteiger partial charge in [0.15, 0.2) is 0 Å². The third-order valence-electron chi connectivity index (χ3n) is 3.15. The van der Waals surface area contributed by atoms with Crippen molar-refractivity contribution >= 4 is 12.1 Å². The number of benzene rings is 2. The van der Waals surface area contributed by atoms with E-state index in [0.29, 0.717) is 12.1 Å². The summed E-state index contributed by atoms with van der Waals surface area (Å²) in [6, 6.07) is 15.1. The molecule has 0 saturated carbocycles. The molecule has 0 bridgehead atoms. The van der Waals surface area contributed by atoms with Crippen molar-refractivity contribution < 1.29 is 4.79 Å². The highest BCUT2D eigenvalue weighted by molar-refractivity contribution is 5.94. The number of carbonyl (C=O) groups excluding carboxylic acids is 1. The van der Waals surface area contributed by atoms with Crippen LogP contribution in [0.4, 0.5) is 0 Å². The zero-order chi connectivity index (χ0) is 13.9. The fraction of sp³-hybridized carbons (Fsp3) is 0.0667. The number of hydrogen-bond acceptors (Lipinski definition) is 4. The van der Waals surface area contributed by atoms with Gasteiger partial charge in [-0.3, -0.25) is 9.80 Å². The van der Waals surface area contributed by atoms with Gasteiger partial charge in [-0.25, -0.2) is 5.53 Å². The average molecular weight is 266 g/mol. The summed E-state index contributed by atoms with van der Waals surface area (Å²) in [5.74, 6) is -0.421. The van der Waals surface area contributed by atoms with Crippen molar-refractivity contribution in [3.63, 3.8) is 0 Å².